The quantitative estimate of drug-likeness (QED) is 0.751. The molecule has 0 fully saturated rings. The van der Waals surface area contributed by atoms with E-state index in [0.717, 1.165) is 12.8 Å². The topological polar surface area (TPSA) is 12.9 Å². The zero-order valence-corrected chi connectivity index (χ0v) is 9.90. The van der Waals surface area contributed by atoms with Crippen LogP contribution in [0.25, 0.3) is 11.1 Å². The molecule has 0 atom stereocenters. The lowest BCUT2D eigenvalue weighted by Crippen LogP contribution is -1.94. The SMILES string of the molecule is CCc1cccc(CC)c1-c1cccnc1. The summed E-state index contributed by atoms with van der Waals surface area (Å²) in [5.41, 5.74) is 5.43. The van der Waals surface area contributed by atoms with Crippen molar-refractivity contribution in [3.63, 3.8) is 0 Å². The molecule has 1 heterocycles. The second-order valence-corrected chi connectivity index (χ2v) is 3.90. The molecule has 2 rings (SSSR count). The van der Waals surface area contributed by atoms with Gasteiger partial charge >= 0.3 is 0 Å². The normalized spacial score (nSPS) is 10.4. The summed E-state index contributed by atoms with van der Waals surface area (Å²) in [6.45, 7) is 4.41. The molecule has 0 radical (unpaired) electrons. The van der Waals surface area contributed by atoms with Crippen molar-refractivity contribution in [1.29, 1.82) is 0 Å². The minimum absolute atomic E-state index is 1.07. The van der Waals surface area contributed by atoms with Crippen LogP contribution in [0.2, 0.25) is 0 Å². The van der Waals surface area contributed by atoms with E-state index in [9.17, 15) is 0 Å². The molecule has 1 heteroatoms. The Bertz CT molecular complexity index is 438. The van der Waals surface area contributed by atoms with Crippen LogP contribution in [0.1, 0.15) is 25.0 Å². The molecular formula is C15H17N. The zero-order chi connectivity index (χ0) is 11.4. The highest BCUT2D eigenvalue weighted by Gasteiger charge is 2.07. The molecule has 0 aliphatic heterocycles. The van der Waals surface area contributed by atoms with Crippen molar-refractivity contribution in [3.05, 3.63) is 53.9 Å². The van der Waals surface area contributed by atoms with Gasteiger partial charge in [0.25, 0.3) is 0 Å². The van der Waals surface area contributed by atoms with E-state index in [2.05, 4.69) is 43.1 Å². The van der Waals surface area contributed by atoms with E-state index >= 15 is 0 Å². The smallest absolute Gasteiger partial charge is 0.0346 e. The molecule has 0 amide bonds. The summed E-state index contributed by atoms with van der Waals surface area (Å²) in [6.07, 6.45) is 5.91. The van der Waals surface area contributed by atoms with Crippen LogP contribution in [0.15, 0.2) is 42.7 Å². The van der Waals surface area contributed by atoms with E-state index < -0.39 is 0 Å². The number of rotatable bonds is 3. The highest BCUT2D eigenvalue weighted by molar-refractivity contribution is 5.70. The van der Waals surface area contributed by atoms with Gasteiger partial charge in [-0.1, -0.05) is 38.1 Å². The molecular weight excluding hydrogens is 194 g/mol. The second-order valence-electron chi connectivity index (χ2n) is 3.90. The van der Waals surface area contributed by atoms with Crippen LogP contribution in [-0.4, -0.2) is 4.98 Å². The molecule has 0 saturated heterocycles. The number of pyridine rings is 1. The maximum Gasteiger partial charge on any atom is 0.0346 e. The van der Waals surface area contributed by atoms with E-state index in [4.69, 9.17) is 0 Å². The molecule has 1 aromatic carbocycles. The third kappa shape index (κ3) is 1.99. The number of nitrogens with zero attached hydrogens (tertiary/aromatic N) is 1. The summed E-state index contributed by atoms with van der Waals surface area (Å²) in [4.78, 5) is 4.21. The molecule has 1 aromatic heterocycles. The van der Waals surface area contributed by atoms with E-state index in [-0.39, 0.29) is 0 Å². The number of benzene rings is 1. The summed E-state index contributed by atoms with van der Waals surface area (Å²) in [7, 11) is 0. The standard InChI is InChI=1S/C15H17N/c1-3-12-7-5-8-13(4-2)15(12)14-9-6-10-16-11-14/h5-11H,3-4H2,1-2H3. The van der Waals surface area contributed by atoms with Gasteiger partial charge in [0.15, 0.2) is 0 Å². The predicted molar refractivity (Wildman–Crippen MR) is 68.4 cm³/mol. The van der Waals surface area contributed by atoms with Crippen LogP contribution < -0.4 is 0 Å². The first kappa shape index (κ1) is 10.9. The van der Waals surface area contributed by atoms with Gasteiger partial charge in [0.05, 0.1) is 0 Å². The molecule has 0 unspecified atom stereocenters. The van der Waals surface area contributed by atoms with Crippen LogP contribution in [-0.2, 0) is 12.8 Å². The maximum atomic E-state index is 4.21. The summed E-state index contributed by atoms with van der Waals surface area (Å²) in [6, 6.07) is 10.7. The highest BCUT2D eigenvalue weighted by atomic mass is 14.6. The van der Waals surface area contributed by atoms with Crippen LogP contribution in [0, 0.1) is 0 Å². The molecule has 1 nitrogen and oxygen atoms in total. The Morgan fingerprint density at radius 2 is 1.62 bits per heavy atom. The van der Waals surface area contributed by atoms with Crippen molar-refractivity contribution in [2.75, 3.05) is 0 Å². The van der Waals surface area contributed by atoms with Crippen LogP contribution in [0.3, 0.4) is 0 Å². The van der Waals surface area contributed by atoms with Gasteiger partial charge in [-0.3, -0.25) is 4.98 Å². The van der Waals surface area contributed by atoms with Gasteiger partial charge in [0.1, 0.15) is 0 Å². The third-order valence-corrected chi connectivity index (χ3v) is 2.95. The second kappa shape index (κ2) is 4.93. The lowest BCUT2D eigenvalue weighted by molar-refractivity contribution is 1.09. The van der Waals surface area contributed by atoms with E-state index in [0.29, 0.717) is 0 Å². The summed E-state index contributed by atoms with van der Waals surface area (Å²) in [5, 5.41) is 0. The fourth-order valence-electron chi connectivity index (χ4n) is 2.12. The van der Waals surface area contributed by atoms with E-state index in [1.807, 2.05) is 18.5 Å². The maximum absolute atomic E-state index is 4.21. The Kier molecular flexibility index (Phi) is 3.35. The van der Waals surface area contributed by atoms with Gasteiger partial charge < -0.3 is 0 Å². The lowest BCUT2D eigenvalue weighted by atomic mass is 9.93. The van der Waals surface area contributed by atoms with Gasteiger partial charge in [0, 0.05) is 18.0 Å². The number of hydrogen-bond acceptors (Lipinski definition) is 1. The van der Waals surface area contributed by atoms with Gasteiger partial charge in [-0.2, -0.15) is 0 Å². The zero-order valence-electron chi connectivity index (χ0n) is 9.90. The summed E-state index contributed by atoms with van der Waals surface area (Å²) in [5.74, 6) is 0. The average Bonchev–Trinajstić information content (AvgIpc) is 2.38. The van der Waals surface area contributed by atoms with Gasteiger partial charge in [0.2, 0.25) is 0 Å². The molecule has 0 saturated carbocycles. The first-order chi connectivity index (χ1) is 7.86. The first-order valence-electron chi connectivity index (χ1n) is 5.88. The van der Waals surface area contributed by atoms with Gasteiger partial charge in [-0.25, -0.2) is 0 Å². The van der Waals surface area contributed by atoms with Crippen molar-refractivity contribution < 1.29 is 0 Å². The van der Waals surface area contributed by atoms with Crippen molar-refractivity contribution in [3.8, 4) is 11.1 Å². The van der Waals surface area contributed by atoms with Gasteiger partial charge in [-0.15, -0.1) is 0 Å². The van der Waals surface area contributed by atoms with Crippen molar-refractivity contribution in [2.45, 2.75) is 26.7 Å². The minimum Gasteiger partial charge on any atom is -0.264 e. The van der Waals surface area contributed by atoms with Crippen LogP contribution in [0.5, 0.6) is 0 Å². The minimum atomic E-state index is 1.07. The fraction of sp³-hybridized carbons (Fsp3) is 0.267. The Balaban J connectivity index is 2.62. The first-order valence-corrected chi connectivity index (χ1v) is 5.88. The van der Waals surface area contributed by atoms with E-state index in [1.54, 1.807) is 0 Å². The van der Waals surface area contributed by atoms with E-state index in [1.165, 1.54) is 22.3 Å². The Labute approximate surface area is 97.2 Å². The highest BCUT2D eigenvalue weighted by Crippen LogP contribution is 2.27. The number of aryl methyl sites for hydroxylation is 2. The van der Waals surface area contributed by atoms with Crippen molar-refractivity contribution in [1.82, 2.24) is 4.98 Å². The molecule has 82 valence electrons. The Morgan fingerprint density at radius 3 is 2.12 bits per heavy atom. The largest absolute Gasteiger partial charge is 0.264 e. The third-order valence-electron chi connectivity index (χ3n) is 2.95. The molecule has 0 spiro atoms. The molecule has 2 aromatic rings. The molecule has 0 aliphatic rings. The average molecular weight is 211 g/mol. The molecule has 0 N–H and O–H groups in total. The fourth-order valence-corrected chi connectivity index (χ4v) is 2.12. The Hall–Kier alpha value is -1.63. The number of hydrogen-bond donors (Lipinski definition) is 0. The summed E-state index contributed by atoms with van der Waals surface area (Å²) >= 11 is 0. The van der Waals surface area contributed by atoms with Crippen LogP contribution in [0.4, 0.5) is 0 Å². The van der Waals surface area contributed by atoms with Crippen LogP contribution >= 0.6 is 0 Å². The van der Waals surface area contributed by atoms with Crippen molar-refractivity contribution in [2.24, 2.45) is 0 Å². The monoisotopic (exact) mass is 211 g/mol. The molecule has 16 heavy (non-hydrogen) atoms. The Morgan fingerprint density at radius 1 is 0.938 bits per heavy atom. The number of aromatic nitrogens is 1. The molecule has 0 bridgehead atoms. The van der Waals surface area contributed by atoms with Crippen molar-refractivity contribution >= 4 is 0 Å². The van der Waals surface area contributed by atoms with Gasteiger partial charge in [-0.05, 0) is 35.6 Å². The lowest BCUT2D eigenvalue weighted by Gasteiger charge is -2.12. The predicted octanol–water partition coefficient (Wildman–Crippen LogP) is 3.87. The molecule has 0 aliphatic carbocycles. The summed E-state index contributed by atoms with van der Waals surface area (Å²) < 4.78 is 0.